The zero-order chi connectivity index (χ0) is 11.3. The zero-order valence-corrected chi connectivity index (χ0v) is 11.1. The predicted molar refractivity (Wildman–Crippen MR) is 66.7 cm³/mol. The van der Waals surface area contributed by atoms with Crippen molar-refractivity contribution in [2.45, 2.75) is 32.7 Å². The van der Waals surface area contributed by atoms with E-state index in [2.05, 4.69) is 53.5 Å². The summed E-state index contributed by atoms with van der Waals surface area (Å²) < 4.78 is 1.19. The smallest absolute Gasteiger partial charge is 0.0572 e. The Kier molecular flexibility index (Phi) is 5.29. The molecule has 1 N–H and O–H groups in total. The second kappa shape index (κ2) is 6.26. The first-order valence-corrected chi connectivity index (χ1v) is 6.02. The van der Waals surface area contributed by atoms with Crippen LogP contribution in [0, 0.1) is 0 Å². The molecular weight excluding hydrogens is 254 g/mol. The largest absolute Gasteiger partial charge is 0.305 e. The third-order valence-electron chi connectivity index (χ3n) is 2.63. The second-order valence-electron chi connectivity index (χ2n) is 3.69. The van der Waals surface area contributed by atoms with E-state index in [0.29, 0.717) is 5.92 Å². The summed E-state index contributed by atoms with van der Waals surface area (Å²) in [4.78, 5) is 4.82. The lowest BCUT2D eigenvalue weighted by Gasteiger charge is -2.12. The maximum atomic E-state index is 4.82. The van der Waals surface area contributed by atoms with Gasteiger partial charge in [-0.15, -0.1) is 0 Å². The van der Waals surface area contributed by atoms with Crippen molar-refractivity contribution >= 4 is 15.9 Å². The van der Waals surface area contributed by atoms with E-state index in [-0.39, 0.29) is 0 Å². The molecule has 1 aromatic rings. The summed E-state index contributed by atoms with van der Waals surface area (Å²) in [5.41, 5.74) is 5.43. The van der Waals surface area contributed by atoms with Crippen molar-refractivity contribution in [2.75, 3.05) is 7.11 Å². The van der Waals surface area contributed by atoms with Gasteiger partial charge in [-0.25, -0.2) is 0 Å². The molecule has 0 fully saturated rings. The first-order chi connectivity index (χ1) is 7.19. The number of halogens is 1. The van der Waals surface area contributed by atoms with Gasteiger partial charge in [0.2, 0.25) is 0 Å². The van der Waals surface area contributed by atoms with Crippen LogP contribution in [0.1, 0.15) is 37.3 Å². The molecule has 1 atom stereocenters. The Morgan fingerprint density at radius 3 is 2.73 bits per heavy atom. The van der Waals surface area contributed by atoms with Gasteiger partial charge in [0, 0.05) is 11.0 Å². The molecule has 0 heterocycles. The van der Waals surface area contributed by atoms with E-state index < -0.39 is 0 Å². The Labute approximate surface area is 100 Å². The van der Waals surface area contributed by atoms with Crippen molar-refractivity contribution in [1.82, 2.24) is 5.48 Å². The van der Waals surface area contributed by atoms with Gasteiger partial charge in [0.1, 0.15) is 0 Å². The summed E-state index contributed by atoms with van der Waals surface area (Å²) >= 11 is 3.61. The van der Waals surface area contributed by atoms with Gasteiger partial charge in [-0.2, -0.15) is 5.48 Å². The molecule has 1 rings (SSSR count). The van der Waals surface area contributed by atoms with Gasteiger partial charge in [0.15, 0.2) is 0 Å². The van der Waals surface area contributed by atoms with E-state index in [9.17, 15) is 0 Å². The third kappa shape index (κ3) is 3.59. The molecule has 0 aliphatic carbocycles. The average Bonchev–Trinajstić information content (AvgIpc) is 2.25. The molecule has 0 saturated heterocycles. The molecule has 0 saturated carbocycles. The highest BCUT2D eigenvalue weighted by molar-refractivity contribution is 9.10. The fourth-order valence-electron chi connectivity index (χ4n) is 1.46. The lowest BCUT2D eigenvalue weighted by molar-refractivity contribution is 0.0867. The summed E-state index contributed by atoms with van der Waals surface area (Å²) in [6, 6.07) is 6.47. The Balaban J connectivity index is 2.78. The monoisotopic (exact) mass is 271 g/mol. The Morgan fingerprint density at radius 2 is 2.20 bits per heavy atom. The van der Waals surface area contributed by atoms with E-state index in [1.165, 1.54) is 15.6 Å². The van der Waals surface area contributed by atoms with E-state index in [1.807, 2.05) is 0 Å². The number of hydroxylamine groups is 1. The minimum absolute atomic E-state index is 0.601. The van der Waals surface area contributed by atoms with Crippen molar-refractivity contribution in [2.24, 2.45) is 0 Å². The Hall–Kier alpha value is -0.380. The van der Waals surface area contributed by atoms with Crippen molar-refractivity contribution in [3.63, 3.8) is 0 Å². The highest BCUT2D eigenvalue weighted by Gasteiger charge is 2.07. The van der Waals surface area contributed by atoms with Gasteiger partial charge in [-0.05, 0) is 29.5 Å². The molecule has 0 spiro atoms. The van der Waals surface area contributed by atoms with Crippen molar-refractivity contribution in [3.8, 4) is 0 Å². The average molecular weight is 272 g/mol. The van der Waals surface area contributed by atoms with Crippen molar-refractivity contribution < 1.29 is 4.84 Å². The first kappa shape index (κ1) is 12.7. The maximum absolute atomic E-state index is 4.82. The van der Waals surface area contributed by atoms with Crippen LogP contribution in [-0.4, -0.2) is 7.11 Å². The fraction of sp³-hybridized carbons (Fsp3) is 0.500. The maximum Gasteiger partial charge on any atom is 0.0572 e. The molecule has 0 aliphatic heterocycles. The van der Waals surface area contributed by atoms with Crippen LogP contribution in [0.15, 0.2) is 22.7 Å². The molecule has 3 heteroatoms. The molecule has 0 radical (unpaired) electrons. The van der Waals surface area contributed by atoms with Gasteiger partial charge < -0.3 is 4.84 Å². The van der Waals surface area contributed by atoms with Crippen LogP contribution in [-0.2, 0) is 11.4 Å². The lowest BCUT2D eigenvalue weighted by Crippen LogP contribution is -2.10. The van der Waals surface area contributed by atoms with Crippen LogP contribution in [0.3, 0.4) is 0 Å². The fourth-order valence-corrected chi connectivity index (χ4v) is 2.27. The topological polar surface area (TPSA) is 21.3 Å². The molecule has 0 amide bonds. The van der Waals surface area contributed by atoms with Crippen LogP contribution >= 0.6 is 15.9 Å². The molecule has 2 nitrogen and oxygen atoms in total. The molecule has 0 aromatic heterocycles. The number of hydrogen-bond donors (Lipinski definition) is 1. The summed E-state index contributed by atoms with van der Waals surface area (Å²) in [5, 5.41) is 0. The summed E-state index contributed by atoms with van der Waals surface area (Å²) in [6.45, 7) is 5.18. The van der Waals surface area contributed by atoms with Crippen LogP contribution in [0.2, 0.25) is 0 Å². The first-order valence-electron chi connectivity index (χ1n) is 5.23. The normalized spacial score (nSPS) is 12.8. The van der Waals surface area contributed by atoms with E-state index >= 15 is 0 Å². The number of hydrogen-bond acceptors (Lipinski definition) is 2. The quantitative estimate of drug-likeness (QED) is 0.827. The van der Waals surface area contributed by atoms with Crippen LogP contribution in [0.4, 0.5) is 0 Å². The minimum atomic E-state index is 0.601. The van der Waals surface area contributed by atoms with E-state index in [1.54, 1.807) is 7.11 Å². The summed E-state index contributed by atoms with van der Waals surface area (Å²) in [7, 11) is 1.63. The van der Waals surface area contributed by atoms with Gasteiger partial charge in [-0.1, -0.05) is 41.9 Å². The highest BCUT2D eigenvalue weighted by Crippen LogP contribution is 2.27. The SMILES string of the molecule is CCC(C)c1ccc(CNOC)cc1Br. The summed E-state index contributed by atoms with van der Waals surface area (Å²) in [6.07, 6.45) is 1.16. The van der Waals surface area contributed by atoms with Gasteiger partial charge >= 0.3 is 0 Å². The second-order valence-corrected chi connectivity index (χ2v) is 4.54. The molecule has 1 aromatic carbocycles. The zero-order valence-electron chi connectivity index (χ0n) is 9.51. The van der Waals surface area contributed by atoms with Gasteiger partial charge in [0.05, 0.1) is 7.11 Å². The number of benzene rings is 1. The lowest BCUT2D eigenvalue weighted by atomic mass is 9.98. The molecule has 84 valence electrons. The standard InChI is InChI=1S/C12H18BrNO/c1-4-9(2)11-6-5-10(7-12(11)13)8-14-15-3/h5-7,9,14H,4,8H2,1-3H3. The van der Waals surface area contributed by atoms with Crippen LogP contribution in [0.5, 0.6) is 0 Å². The molecule has 1 unspecified atom stereocenters. The molecular formula is C12H18BrNO. The van der Waals surface area contributed by atoms with Crippen LogP contribution < -0.4 is 5.48 Å². The molecule has 15 heavy (non-hydrogen) atoms. The van der Waals surface area contributed by atoms with Gasteiger partial charge in [-0.3, -0.25) is 0 Å². The number of nitrogens with one attached hydrogen (secondary N) is 1. The van der Waals surface area contributed by atoms with E-state index in [4.69, 9.17) is 4.84 Å². The minimum Gasteiger partial charge on any atom is -0.305 e. The predicted octanol–water partition coefficient (Wildman–Crippen LogP) is 3.61. The number of rotatable bonds is 5. The molecule has 0 bridgehead atoms. The van der Waals surface area contributed by atoms with Gasteiger partial charge in [0.25, 0.3) is 0 Å². The Bertz CT molecular complexity index is 314. The highest BCUT2D eigenvalue weighted by atomic mass is 79.9. The molecule has 0 aliphatic rings. The van der Waals surface area contributed by atoms with Crippen LogP contribution in [0.25, 0.3) is 0 Å². The van der Waals surface area contributed by atoms with E-state index in [0.717, 1.165) is 13.0 Å². The summed E-state index contributed by atoms with van der Waals surface area (Å²) in [5.74, 6) is 0.601. The van der Waals surface area contributed by atoms with Crippen molar-refractivity contribution in [3.05, 3.63) is 33.8 Å². The van der Waals surface area contributed by atoms with Crippen molar-refractivity contribution in [1.29, 1.82) is 0 Å². The Morgan fingerprint density at radius 1 is 1.47 bits per heavy atom. The third-order valence-corrected chi connectivity index (χ3v) is 3.32.